The van der Waals surface area contributed by atoms with Gasteiger partial charge in [0.2, 0.25) is 0 Å². The molecule has 53 heavy (non-hydrogen) atoms. The number of Topliss-reactive ketones (excluding diaryl/α,β-unsaturated/α-hetero) is 2. The molecule has 2 aromatic carbocycles. The lowest BCUT2D eigenvalue weighted by Gasteiger charge is -2.24. The van der Waals surface area contributed by atoms with Gasteiger partial charge < -0.3 is 29.9 Å². The molecule has 0 atom stereocenters. The van der Waals surface area contributed by atoms with Gasteiger partial charge in [0, 0.05) is 17.0 Å². The quantitative estimate of drug-likeness (QED) is 0.158. The third kappa shape index (κ3) is 18.6. The Morgan fingerprint density at radius 2 is 0.925 bits per heavy atom. The van der Waals surface area contributed by atoms with Crippen LogP contribution in [0.25, 0.3) is 0 Å². The van der Waals surface area contributed by atoms with Crippen LogP contribution in [0.1, 0.15) is 133 Å². The third-order valence-electron chi connectivity index (χ3n) is 8.35. The van der Waals surface area contributed by atoms with E-state index in [9.17, 15) is 38.4 Å². The Bertz CT molecular complexity index is 1490. The number of aromatic carboxylic acids is 2. The second-order valence-electron chi connectivity index (χ2n) is 11.7. The molecule has 0 unspecified atom stereocenters. The van der Waals surface area contributed by atoms with E-state index < -0.39 is 29.8 Å². The Kier molecular flexibility index (Phi) is 20.9. The highest BCUT2D eigenvalue weighted by Crippen LogP contribution is 2.30. The Labute approximate surface area is 316 Å². The summed E-state index contributed by atoms with van der Waals surface area (Å²) in [4.78, 5) is 85.7. The van der Waals surface area contributed by atoms with E-state index in [0.717, 1.165) is 25.7 Å². The number of hydrogen-bond donors (Lipinski definition) is 4. The van der Waals surface area contributed by atoms with Crippen molar-refractivity contribution in [3.05, 3.63) is 70.8 Å². The van der Waals surface area contributed by atoms with Gasteiger partial charge >= 0.3 is 35.8 Å². The van der Waals surface area contributed by atoms with Gasteiger partial charge in [-0.25, -0.2) is 14.4 Å². The van der Waals surface area contributed by atoms with Gasteiger partial charge in [0.1, 0.15) is 5.78 Å². The fourth-order valence-electron chi connectivity index (χ4n) is 5.20. The van der Waals surface area contributed by atoms with Gasteiger partial charge in [-0.3, -0.25) is 24.0 Å². The Balaban J connectivity index is 0. The normalized spacial score (nSPS) is 19.0. The minimum atomic E-state index is -1.06. The van der Waals surface area contributed by atoms with Crippen molar-refractivity contribution in [3.8, 4) is 0 Å². The number of methoxy groups -OCH3 is 2. The molecule has 14 nitrogen and oxygen atoms in total. The van der Waals surface area contributed by atoms with Crippen LogP contribution >= 0.6 is 0 Å². The van der Waals surface area contributed by atoms with E-state index in [-0.39, 0.29) is 73.5 Å². The van der Waals surface area contributed by atoms with Crippen molar-refractivity contribution >= 4 is 47.4 Å². The number of carbonyl (C=O) groups excluding carboxylic acids is 4. The highest BCUT2D eigenvalue weighted by Gasteiger charge is 2.30. The Morgan fingerprint density at radius 3 is 1.19 bits per heavy atom. The minimum Gasteiger partial charge on any atom is -0.481 e. The van der Waals surface area contributed by atoms with E-state index in [1.54, 1.807) is 31.2 Å². The van der Waals surface area contributed by atoms with Crippen molar-refractivity contribution < 1.29 is 73.7 Å². The molecule has 14 heteroatoms. The molecule has 4 N–H and O–H groups in total. The van der Waals surface area contributed by atoms with Gasteiger partial charge in [0.15, 0.2) is 5.78 Å². The first-order valence-corrected chi connectivity index (χ1v) is 16.3. The SMILES string of the molecule is COC(=O)C1CCC(C(C)=O)CC1.COC(=O)c1ccc(C(C)=O)cc1.O=C(O)C1CCC(C(=O)O)CC1.O=C(O)c1ccc(C(=O)O)cc1.[2H]CC[2H].[2H]C[3H]. The summed E-state index contributed by atoms with van der Waals surface area (Å²) in [6, 6.07) is 11.4. The smallest absolute Gasteiger partial charge is 0.337 e. The first-order chi connectivity index (χ1) is 26.8. The fourth-order valence-corrected chi connectivity index (χ4v) is 5.20. The molecule has 2 saturated carbocycles. The Hall–Kier alpha value is -5.40. The van der Waals surface area contributed by atoms with Crippen molar-refractivity contribution in [1.29, 1.82) is 0 Å². The summed E-state index contributed by atoms with van der Waals surface area (Å²) in [5.41, 5.74) is 1.21. The first-order valence-electron chi connectivity index (χ1n) is 19.1. The number of ether oxygens (including phenoxy) is 2. The van der Waals surface area contributed by atoms with Crippen LogP contribution in [0.3, 0.4) is 0 Å². The summed E-state index contributed by atoms with van der Waals surface area (Å²) >= 11 is 0. The van der Waals surface area contributed by atoms with Gasteiger partial charge in [-0.1, -0.05) is 33.3 Å². The molecule has 0 radical (unpaired) electrons. The molecule has 0 bridgehead atoms. The molecule has 4 rings (SSSR count). The van der Waals surface area contributed by atoms with Crippen molar-refractivity contribution in [2.24, 2.45) is 23.7 Å². The van der Waals surface area contributed by atoms with Gasteiger partial charge in [0.05, 0.1) is 48.7 Å². The number of carboxylic acids is 4. The number of esters is 2. The number of carbonyl (C=O) groups is 8. The van der Waals surface area contributed by atoms with Crippen LogP contribution in [0, 0.1) is 23.7 Å². The van der Waals surface area contributed by atoms with E-state index in [4.69, 9.17) is 25.9 Å². The van der Waals surface area contributed by atoms with Gasteiger partial charge in [-0.15, -0.1) is 0 Å². The van der Waals surface area contributed by atoms with E-state index in [0.29, 0.717) is 36.8 Å². The summed E-state index contributed by atoms with van der Waals surface area (Å²) in [5.74, 6) is -4.42. The topological polar surface area (TPSA) is 236 Å². The van der Waals surface area contributed by atoms with Crippen LogP contribution in [0.15, 0.2) is 48.5 Å². The third-order valence-corrected chi connectivity index (χ3v) is 8.35. The maximum Gasteiger partial charge on any atom is 0.337 e. The number of rotatable bonds is 8. The molecule has 2 aromatic rings. The second-order valence-corrected chi connectivity index (χ2v) is 11.7. The molecule has 294 valence electrons. The number of aliphatic carboxylic acids is 2. The molecular weight excluding hydrogens is 692 g/mol. The summed E-state index contributed by atoms with van der Waals surface area (Å²) in [7, 11) is 2.49. The van der Waals surface area contributed by atoms with Crippen LogP contribution in [0.4, 0.5) is 0 Å². The van der Waals surface area contributed by atoms with Crippen LogP contribution in [0.2, 0.25) is 0 Å². The highest BCUT2D eigenvalue weighted by atomic mass is 16.5. The maximum absolute atomic E-state index is 11.1. The van der Waals surface area contributed by atoms with Crippen molar-refractivity contribution in [3.63, 3.8) is 0 Å². The lowest BCUT2D eigenvalue weighted by molar-refractivity contribution is -0.148. The number of carboxylic acid groups (broad SMARTS) is 4. The fraction of sp³-hybridized carbons (Fsp3) is 0.487. The van der Waals surface area contributed by atoms with Crippen LogP contribution < -0.4 is 0 Å². The molecule has 0 aliphatic heterocycles. The van der Waals surface area contributed by atoms with E-state index >= 15 is 0 Å². The minimum absolute atomic E-state index is 0.0172. The summed E-state index contributed by atoms with van der Waals surface area (Å²) in [6.07, 6.45) is 5.31. The molecule has 2 aliphatic carbocycles. The van der Waals surface area contributed by atoms with Crippen LogP contribution in [-0.2, 0) is 28.7 Å². The van der Waals surface area contributed by atoms with Gasteiger partial charge in [0.25, 0.3) is 0 Å². The molecule has 0 spiro atoms. The monoisotopic (exact) mass is 751 g/mol. The molecule has 0 saturated heterocycles. The number of ketones is 2. The van der Waals surface area contributed by atoms with Gasteiger partial charge in [-0.2, -0.15) is 0 Å². The van der Waals surface area contributed by atoms with E-state index in [1.807, 2.05) is 0 Å². The van der Waals surface area contributed by atoms with Gasteiger partial charge in [-0.05, 0) is 102 Å². The highest BCUT2D eigenvalue weighted by molar-refractivity contribution is 5.96. The zero-order chi connectivity index (χ0) is 44.1. The Morgan fingerprint density at radius 1 is 0.604 bits per heavy atom. The number of hydrogen-bond acceptors (Lipinski definition) is 10. The summed E-state index contributed by atoms with van der Waals surface area (Å²) in [6.45, 7) is 3.58. The zero-order valence-electron chi connectivity index (χ0n) is 34.6. The zero-order valence-corrected chi connectivity index (χ0v) is 30.6. The lowest BCUT2D eigenvalue weighted by atomic mass is 9.80. The average molecular weight is 752 g/mol. The summed E-state index contributed by atoms with van der Waals surface area (Å²) in [5, 5.41) is 34.2. The molecule has 2 aliphatic rings. The van der Waals surface area contributed by atoms with Crippen molar-refractivity contribution in [2.75, 3.05) is 14.2 Å². The van der Waals surface area contributed by atoms with E-state index in [1.165, 1.54) is 45.4 Å². The predicted octanol–water partition coefficient (Wildman–Crippen LogP) is 6.94. The molecule has 0 heterocycles. The van der Waals surface area contributed by atoms with Crippen molar-refractivity contribution in [2.45, 2.75) is 86.4 Å². The largest absolute Gasteiger partial charge is 0.481 e. The second kappa shape index (κ2) is 26.4. The lowest BCUT2D eigenvalue weighted by Crippen LogP contribution is -2.25. The molecular formula is C39H54O14. The molecule has 2 fully saturated rings. The maximum atomic E-state index is 11.1. The van der Waals surface area contributed by atoms with Crippen LogP contribution in [0.5, 0.6) is 0 Å². The number of benzene rings is 2. The van der Waals surface area contributed by atoms with Crippen LogP contribution in [-0.4, -0.2) is 82.0 Å². The predicted molar refractivity (Wildman–Crippen MR) is 195 cm³/mol. The first kappa shape index (κ1) is 42.0. The molecule has 0 aromatic heterocycles. The standard InChI is InChI=1S/C10H16O3.C10H10O3.C8H12O4.C8H6O4.C2H6.CH4/c2*1-7(11)8-3-5-9(6-4-8)10(12)13-2;2*9-7(10)5-1-2-6(4-3-5)8(11)12;1-2;/h8-9H,3-6H2,1-2H3;3-6H,1-2H3;5-6H,1-4H2,(H,9,10)(H,11,12);1-4H,(H,9,10)(H,11,12);1-2H3;1H4/i;;;;1D,2D;1TD. The summed E-state index contributed by atoms with van der Waals surface area (Å²) < 4.78 is 33.5. The average Bonchev–Trinajstić information content (AvgIpc) is 3.21. The van der Waals surface area contributed by atoms with Crippen molar-refractivity contribution in [1.82, 2.24) is 0 Å². The molecule has 0 amide bonds. The van der Waals surface area contributed by atoms with E-state index in [2.05, 4.69) is 9.47 Å².